The summed E-state index contributed by atoms with van der Waals surface area (Å²) in [4.78, 5) is 10.3. The lowest BCUT2D eigenvalue weighted by atomic mass is 10.2. The van der Waals surface area contributed by atoms with Crippen molar-refractivity contribution in [1.29, 1.82) is 0 Å². The second kappa shape index (κ2) is 6.82. The van der Waals surface area contributed by atoms with Gasteiger partial charge in [-0.2, -0.15) is 0 Å². The predicted molar refractivity (Wildman–Crippen MR) is 62.8 cm³/mol. The van der Waals surface area contributed by atoms with E-state index in [4.69, 9.17) is 15.6 Å². The fourth-order valence-electron chi connectivity index (χ4n) is 1.35. The molecule has 0 amide bonds. The van der Waals surface area contributed by atoms with Crippen molar-refractivity contribution < 1.29 is 14.8 Å². The van der Waals surface area contributed by atoms with E-state index in [-0.39, 0.29) is 18.0 Å². The van der Waals surface area contributed by atoms with Crippen LogP contribution in [0, 0.1) is 10.1 Å². The minimum absolute atomic E-state index is 0.0637. The topological polar surface area (TPSA) is 98.6 Å². The third kappa shape index (κ3) is 4.01. The number of hydrogen-bond acceptors (Lipinski definition) is 5. The summed E-state index contributed by atoms with van der Waals surface area (Å²) in [5, 5.41) is 19.4. The van der Waals surface area contributed by atoms with Gasteiger partial charge in [0.05, 0.1) is 11.5 Å². The maximum Gasteiger partial charge on any atom is 0.310 e. The van der Waals surface area contributed by atoms with E-state index >= 15 is 0 Å². The Morgan fingerprint density at radius 2 is 2.18 bits per heavy atom. The molecule has 0 aliphatic heterocycles. The Morgan fingerprint density at radius 1 is 1.41 bits per heavy atom. The molecule has 0 aromatic heterocycles. The van der Waals surface area contributed by atoms with Crippen LogP contribution in [0.3, 0.4) is 0 Å². The zero-order valence-corrected chi connectivity index (χ0v) is 9.46. The molecule has 1 aromatic rings. The normalized spacial score (nSPS) is 10.2. The lowest BCUT2D eigenvalue weighted by Crippen LogP contribution is -2.03. The van der Waals surface area contributed by atoms with Crippen molar-refractivity contribution in [2.45, 2.75) is 19.4 Å². The van der Waals surface area contributed by atoms with E-state index in [1.165, 1.54) is 6.07 Å². The smallest absolute Gasteiger partial charge is 0.310 e. The number of aliphatic hydroxyl groups excluding tert-OH is 1. The van der Waals surface area contributed by atoms with Crippen LogP contribution in [0.1, 0.15) is 18.4 Å². The average Bonchev–Trinajstić information content (AvgIpc) is 2.34. The van der Waals surface area contributed by atoms with Gasteiger partial charge < -0.3 is 15.6 Å². The fourth-order valence-corrected chi connectivity index (χ4v) is 1.35. The van der Waals surface area contributed by atoms with Crippen molar-refractivity contribution in [1.82, 2.24) is 0 Å². The highest BCUT2D eigenvalue weighted by atomic mass is 16.6. The van der Waals surface area contributed by atoms with Gasteiger partial charge in [-0.25, -0.2) is 0 Å². The Hall–Kier alpha value is -1.66. The second-order valence-electron chi connectivity index (χ2n) is 3.54. The number of hydrogen-bond donors (Lipinski definition) is 2. The molecule has 0 saturated heterocycles. The molecule has 0 spiro atoms. The molecule has 0 bridgehead atoms. The number of benzene rings is 1. The van der Waals surface area contributed by atoms with Gasteiger partial charge in [0.15, 0.2) is 5.75 Å². The molecule has 0 atom stereocenters. The molecular weight excluding hydrogens is 224 g/mol. The molecule has 3 N–H and O–H groups in total. The van der Waals surface area contributed by atoms with Crippen molar-refractivity contribution in [2.24, 2.45) is 5.73 Å². The molecule has 0 aliphatic rings. The summed E-state index contributed by atoms with van der Waals surface area (Å²) in [7, 11) is 0. The molecule has 17 heavy (non-hydrogen) atoms. The number of nitrogens with zero attached hydrogens (tertiary/aromatic N) is 1. The Balaban J connectivity index is 2.75. The zero-order chi connectivity index (χ0) is 12.7. The molecule has 0 heterocycles. The van der Waals surface area contributed by atoms with Crippen LogP contribution in [0.15, 0.2) is 18.2 Å². The number of unbranched alkanes of at least 4 members (excludes halogenated alkanes) is 1. The highest BCUT2D eigenvalue weighted by Gasteiger charge is 2.15. The molecular formula is C11H16N2O4. The molecule has 1 aromatic carbocycles. The van der Waals surface area contributed by atoms with E-state index in [2.05, 4.69) is 0 Å². The molecule has 0 unspecified atom stereocenters. The molecule has 6 nitrogen and oxygen atoms in total. The number of nitrogens with two attached hydrogens (primary N) is 1. The van der Waals surface area contributed by atoms with E-state index in [1.807, 2.05) is 0 Å². The molecule has 94 valence electrons. The number of nitro groups is 1. The summed E-state index contributed by atoms with van der Waals surface area (Å²) in [5.41, 5.74) is 6.18. The summed E-state index contributed by atoms with van der Waals surface area (Å²) in [5.74, 6) is 0.232. The zero-order valence-electron chi connectivity index (χ0n) is 9.46. The first-order chi connectivity index (χ1) is 8.19. The molecule has 0 aliphatic carbocycles. The number of nitro benzene ring substituents is 1. The van der Waals surface area contributed by atoms with Gasteiger partial charge in [-0.3, -0.25) is 10.1 Å². The summed E-state index contributed by atoms with van der Waals surface area (Å²) in [6, 6.07) is 4.58. The van der Waals surface area contributed by atoms with Crippen LogP contribution < -0.4 is 10.5 Å². The van der Waals surface area contributed by atoms with Gasteiger partial charge >= 0.3 is 5.69 Å². The Morgan fingerprint density at radius 3 is 2.76 bits per heavy atom. The average molecular weight is 240 g/mol. The van der Waals surface area contributed by atoms with Gasteiger partial charge in [0.2, 0.25) is 0 Å². The largest absolute Gasteiger partial charge is 0.487 e. The molecule has 6 heteroatoms. The minimum atomic E-state index is -0.484. The monoisotopic (exact) mass is 240 g/mol. The predicted octanol–water partition coefficient (Wildman–Crippen LogP) is 1.20. The lowest BCUT2D eigenvalue weighted by molar-refractivity contribution is -0.385. The van der Waals surface area contributed by atoms with Gasteiger partial charge in [0.25, 0.3) is 0 Å². The van der Waals surface area contributed by atoms with Crippen LogP contribution in [0.5, 0.6) is 5.75 Å². The van der Waals surface area contributed by atoms with Crippen molar-refractivity contribution in [3.63, 3.8) is 0 Å². The van der Waals surface area contributed by atoms with Crippen molar-refractivity contribution >= 4 is 5.69 Å². The quantitative estimate of drug-likeness (QED) is 0.424. The number of aliphatic hydroxyl groups is 1. The summed E-state index contributed by atoms with van der Waals surface area (Å²) in [6.07, 6.45) is 1.27. The van der Waals surface area contributed by atoms with Crippen LogP contribution >= 0.6 is 0 Å². The van der Waals surface area contributed by atoms with E-state index < -0.39 is 4.92 Å². The maximum atomic E-state index is 10.8. The number of ether oxygens (including phenoxy) is 1. The van der Waals surface area contributed by atoms with Gasteiger partial charge in [-0.1, -0.05) is 6.07 Å². The van der Waals surface area contributed by atoms with Crippen LogP contribution in [0.4, 0.5) is 5.69 Å². The van der Waals surface area contributed by atoms with Crippen LogP contribution in [0.2, 0.25) is 0 Å². The first kappa shape index (κ1) is 13.4. The SMILES string of the molecule is NCc1ccc([N+](=O)[O-])c(OCCCCO)c1. The first-order valence-electron chi connectivity index (χ1n) is 5.40. The fraction of sp³-hybridized carbons (Fsp3) is 0.455. The van der Waals surface area contributed by atoms with Gasteiger partial charge in [-0.05, 0) is 24.5 Å². The standard InChI is InChI=1S/C11H16N2O4/c12-8-9-3-4-10(13(15)16)11(7-9)17-6-2-1-5-14/h3-4,7,14H,1-2,5-6,8,12H2. The Labute approximate surface area is 99.2 Å². The van der Waals surface area contributed by atoms with Crippen LogP contribution in [-0.4, -0.2) is 23.2 Å². The van der Waals surface area contributed by atoms with Gasteiger partial charge in [0.1, 0.15) is 0 Å². The van der Waals surface area contributed by atoms with E-state index in [1.54, 1.807) is 12.1 Å². The van der Waals surface area contributed by atoms with Crippen molar-refractivity contribution in [3.05, 3.63) is 33.9 Å². The van der Waals surface area contributed by atoms with Gasteiger partial charge in [-0.15, -0.1) is 0 Å². The second-order valence-corrected chi connectivity index (χ2v) is 3.54. The summed E-state index contributed by atoms with van der Waals surface area (Å²) >= 11 is 0. The van der Waals surface area contributed by atoms with Crippen molar-refractivity contribution in [2.75, 3.05) is 13.2 Å². The molecule has 0 radical (unpaired) electrons. The molecule has 0 saturated carbocycles. The Bertz CT molecular complexity index is 382. The highest BCUT2D eigenvalue weighted by Crippen LogP contribution is 2.28. The van der Waals surface area contributed by atoms with Crippen LogP contribution in [-0.2, 0) is 6.54 Å². The Kier molecular flexibility index (Phi) is 5.38. The maximum absolute atomic E-state index is 10.8. The summed E-state index contributed by atoms with van der Waals surface area (Å²) in [6.45, 7) is 0.745. The lowest BCUT2D eigenvalue weighted by Gasteiger charge is -2.07. The molecule has 0 fully saturated rings. The van der Waals surface area contributed by atoms with Gasteiger partial charge in [0, 0.05) is 19.2 Å². The van der Waals surface area contributed by atoms with E-state index in [9.17, 15) is 10.1 Å². The third-order valence-corrected chi connectivity index (χ3v) is 2.27. The first-order valence-corrected chi connectivity index (χ1v) is 5.40. The van der Waals surface area contributed by atoms with E-state index in [0.717, 1.165) is 5.56 Å². The summed E-state index contributed by atoms with van der Waals surface area (Å²) < 4.78 is 5.33. The third-order valence-electron chi connectivity index (χ3n) is 2.27. The highest BCUT2D eigenvalue weighted by molar-refractivity contribution is 5.48. The number of rotatable bonds is 7. The van der Waals surface area contributed by atoms with E-state index in [0.29, 0.717) is 26.0 Å². The van der Waals surface area contributed by atoms with Crippen LogP contribution in [0.25, 0.3) is 0 Å². The molecule has 1 rings (SSSR count). The van der Waals surface area contributed by atoms with Crippen molar-refractivity contribution in [3.8, 4) is 5.75 Å². The minimum Gasteiger partial charge on any atom is -0.487 e.